The van der Waals surface area contributed by atoms with E-state index in [-0.39, 0.29) is 24.3 Å². The Hall–Kier alpha value is -3.09. The fourth-order valence-electron chi connectivity index (χ4n) is 3.14. The number of halogens is 2. The van der Waals surface area contributed by atoms with Gasteiger partial charge in [0, 0.05) is 35.7 Å². The van der Waals surface area contributed by atoms with E-state index in [1.165, 1.54) is 18.2 Å². The van der Waals surface area contributed by atoms with E-state index in [9.17, 15) is 13.6 Å². The second kappa shape index (κ2) is 9.41. The molecule has 0 aliphatic carbocycles. The molecule has 3 rings (SSSR count). The third kappa shape index (κ3) is 5.47. The van der Waals surface area contributed by atoms with Gasteiger partial charge in [-0.15, -0.1) is 0 Å². The molecule has 2 aromatic rings. The van der Waals surface area contributed by atoms with Crippen LogP contribution in [0.1, 0.15) is 30.5 Å². The Bertz CT molecular complexity index is 898. The molecule has 29 heavy (non-hydrogen) atoms. The van der Waals surface area contributed by atoms with E-state index in [0.717, 1.165) is 23.3 Å². The van der Waals surface area contributed by atoms with E-state index < -0.39 is 6.61 Å². The summed E-state index contributed by atoms with van der Waals surface area (Å²) >= 11 is 0. The second-order valence-corrected chi connectivity index (χ2v) is 6.60. The van der Waals surface area contributed by atoms with Crippen molar-refractivity contribution in [2.24, 2.45) is 0 Å². The van der Waals surface area contributed by atoms with Crippen molar-refractivity contribution in [2.45, 2.75) is 39.5 Å². The minimum absolute atomic E-state index is 0.00933. The van der Waals surface area contributed by atoms with Gasteiger partial charge < -0.3 is 19.5 Å². The predicted molar refractivity (Wildman–Crippen MR) is 105 cm³/mol. The number of ether oxygens (including phenoxy) is 3. The van der Waals surface area contributed by atoms with E-state index in [1.54, 1.807) is 18.2 Å². The first-order chi connectivity index (χ1) is 14.0. The molecule has 1 amide bonds. The van der Waals surface area contributed by atoms with Gasteiger partial charge in [-0.05, 0) is 38.1 Å². The molecule has 0 fully saturated rings. The number of alkyl halides is 2. The zero-order valence-corrected chi connectivity index (χ0v) is 16.3. The highest BCUT2D eigenvalue weighted by Gasteiger charge is 2.22. The van der Waals surface area contributed by atoms with E-state index >= 15 is 0 Å². The van der Waals surface area contributed by atoms with Crippen molar-refractivity contribution < 1.29 is 27.8 Å². The van der Waals surface area contributed by atoms with Crippen LogP contribution >= 0.6 is 0 Å². The number of fused-ring (bicyclic) bond motifs is 1. The summed E-state index contributed by atoms with van der Waals surface area (Å²) in [5.74, 6) is 1.16. The van der Waals surface area contributed by atoms with E-state index in [4.69, 9.17) is 9.47 Å². The summed E-state index contributed by atoms with van der Waals surface area (Å²) < 4.78 is 40.9. The molecule has 1 aliphatic heterocycles. The van der Waals surface area contributed by atoms with Crippen molar-refractivity contribution in [1.29, 1.82) is 0 Å². The van der Waals surface area contributed by atoms with Crippen LogP contribution in [0, 0.1) is 0 Å². The van der Waals surface area contributed by atoms with Crippen LogP contribution in [0.2, 0.25) is 0 Å². The Labute approximate surface area is 168 Å². The molecule has 1 unspecified atom stereocenters. The summed E-state index contributed by atoms with van der Waals surface area (Å²) in [5, 5.41) is 2.78. The summed E-state index contributed by atoms with van der Waals surface area (Å²) in [7, 11) is 0. The first-order valence-corrected chi connectivity index (χ1v) is 9.41. The quantitative estimate of drug-likeness (QED) is 0.667. The van der Waals surface area contributed by atoms with Crippen LogP contribution in [0.5, 0.6) is 17.2 Å². The van der Waals surface area contributed by atoms with Crippen molar-refractivity contribution in [1.82, 2.24) is 5.32 Å². The van der Waals surface area contributed by atoms with Crippen LogP contribution in [-0.4, -0.2) is 25.2 Å². The van der Waals surface area contributed by atoms with Gasteiger partial charge in [-0.3, -0.25) is 4.79 Å². The van der Waals surface area contributed by atoms with Gasteiger partial charge in [-0.2, -0.15) is 8.78 Å². The molecule has 7 heteroatoms. The smallest absolute Gasteiger partial charge is 0.387 e. The van der Waals surface area contributed by atoms with Crippen molar-refractivity contribution in [3.8, 4) is 17.2 Å². The highest BCUT2D eigenvalue weighted by molar-refractivity contribution is 5.92. The Morgan fingerprint density at radius 1 is 1.31 bits per heavy atom. The summed E-state index contributed by atoms with van der Waals surface area (Å²) in [6, 6.07) is 10.1. The molecule has 1 atom stereocenters. The predicted octanol–water partition coefficient (Wildman–Crippen LogP) is 4.34. The Morgan fingerprint density at radius 2 is 2.10 bits per heavy atom. The maximum Gasteiger partial charge on any atom is 0.387 e. The third-order valence-corrected chi connectivity index (χ3v) is 4.38. The highest BCUT2D eigenvalue weighted by atomic mass is 19.3. The largest absolute Gasteiger partial charge is 0.494 e. The molecule has 0 aromatic heterocycles. The topological polar surface area (TPSA) is 56.8 Å². The highest BCUT2D eigenvalue weighted by Crippen LogP contribution is 2.35. The fourth-order valence-corrected chi connectivity index (χ4v) is 3.14. The SMILES string of the molecule is CCOc1cc2c(cc1CNC(=O)/C=C/c1ccccc1OC(F)F)OC(C)C2. The van der Waals surface area contributed by atoms with Crippen LogP contribution in [0.15, 0.2) is 42.5 Å². The maximum atomic E-state index is 12.5. The molecule has 1 N–H and O–H groups in total. The van der Waals surface area contributed by atoms with Gasteiger partial charge in [0.2, 0.25) is 5.91 Å². The molecule has 5 nitrogen and oxygen atoms in total. The van der Waals surface area contributed by atoms with Gasteiger partial charge in [0.25, 0.3) is 0 Å². The number of carbonyl (C=O) groups excluding carboxylic acids is 1. The molecule has 0 spiro atoms. The molecule has 2 aromatic carbocycles. The number of amides is 1. The Morgan fingerprint density at radius 3 is 2.86 bits per heavy atom. The lowest BCUT2D eigenvalue weighted by molar-refractivity contribution is -0.116. The van der Waals surface area contributed by atoms with Crippen LogP contribution in [-0.2, 0) is 17.8 Å². The average molecular weight is 403 g/mol. The molecule has 0 radical (unpaired) electrons. The van der Waals surface area contributed by atoms with Gasteiger partial charge in [-0.25, -0.2) is 0 Å². The molecule has 0 saturated carbocycles. The van der Waals surface area contributed by atoms with Gasteiger partial charge >= 0.3 is 6.61 Å². The number of hydrogen-bond donors (Lipinski definition) is 1. The molecule has 154 valence electrons. The Kier molecular flexibility index (Phi) is 6.69. The van der Waals surface area contributed by atoms with Gasteiger partial charge in [0.15, 0.2) is 0 Å². The lowest BCUT2D eigenvalue weighted by atomic mass is 10.1. The van der Waals surface area contributed by atoms with Crippen molar-refractivity contribution in [2.75, 3.05) is 6.61 Å². The number of para-hydroxylation sites is 1. The number of rotatable bonds is 8. The van der Waals surface area contributed by atoms with E-state index in [1.807, 2.05) is 26.0 Å². The maximum absolute atomic E-state index is 12.5. The average Bonchev–Trinajstić information content (AvgIpc) is 3.04. The first kappa shape index (κ1) is 20.6. The fraction of sp³-hybridized carbons (Fsp3) is 0.318. The molecular weight excluding hydrogens is 380 g/mol. The molecule has 0 bridgehead atoms. The minimum atomic E-state index is -2.93. The lowest BCUT2D eigenvalue weighted by Gasteiger charge is -2.13. The zero-order valence-electron chi connectivity index (χ0n) is 16.3. The zero-order chi connectivity index (χ0) is 20.8. The minimum Gasteiger partial charge on any atom is -0.494 e. The first-order valence-electron chi connectivity index (χ1n) is 9.41. The molecule has 0 saturated heterocycles. The molecule has 1 aliphatic rings. The number of carbonyl (C=O) groups is 1. The van der Waals surface area contributed by atoms with Crippen molar-refractivity contribution in [3.63, 3.8) is 0 Å². The summed E-state index contributed by atoms with van der Waals surface area (Å²) in [6.45, 7) is 1.73. The van der Waals surface area contributed by atoms with Crippen LogP contribution in [0.3, 0.4) is 0 Å². The van der Waals surface area contributed by atoms with Crippen molar-refractivity contribution in [3.05, 3.63) is 59.2 Å². The van der Waals surface area contributed by atoms with Crippen molar-refractivity contribution >= 4 is 12.0 Å². The Balaban J connectivity index is 1.67. The van der Waals surface area contributed by atoms with Crippen LogP contribution in [0.4, 0.5) is 8.78 Å². The number of nitrogens with one attached hydrogen (secondary N) is 1. The van der Waals surface area contributed by atoms with Gasteiger partial charge in [0.1, 0.15) is 23.4 Å². The summed E-state index contributed by atoms with van der Waals surface area (Å²) in [4.78, 5) is 12.2. The van der Waals surface area contributed by atoms with Gasteiger partial charge in [-0.1, -0.05) is 18.2 Å². The molecular formula is C22H23F2NO4. The lowest BCUT2D eigenvalue weighted by Crippen LogP contribution is -2.20. The number of hydrogen-bond acceptors (Lipinski definition) is 4. The third-order valence-electron chi connectivity index (χ3n) is 4.38. The standard InChI is InChI=1S/C22H23F2NO4/c1-3-27-19-11-16-10-14(2)28-20(16)12-17(19)13-25-21(26)9-8-15-6-4-5-7-18(15)29-22(23)24/h4-9,11-12,14,22H,3,10,13H2,1-2H3,(H,25,26)/b9-8+. The van der Waals surface area contributed by atoms with Crippen LogP contribution < -0.4 is 19.5 Å². The van der Waals surface area contributed by atoms with Crippen LogP contribution in [0.25, 0.3) is 6.08 Å². The van der Waals surface area contributed by atoms with E-state index in [0.29, 0.717) is 17.9 Å². The summed E-state index contributed by atoms with van der Waals surface area (Å²) in [5.41, 5.74) is 2.28. The normalized spacial score (nSPS) is 15.3. The second-order valence-electron chi connectivity index (χ2n) is 6.60. The van der Waals surface area contributed by atoms with Gasteiger partial charge in [0.05, 0.1) is 6.61 Å². The van der Waals surface area contributed by atoms with E-state index in [2.05, 4.69) is 10.1 Å². The number of benzene rings is 2. The molecule has 1 heterocycles. The summed E-state index contributed by atoms with van der Waals surface area (Å²) in [6.07, 6.45) is 3.65. The monoisotopic (exact) mass is 403 g/mol.